The summed E-state index contributed by atoms with van der Waals surface area (Å²) < 4.78 is 19.1. The second-order valence-corrected chi connectivity index (χ2v) is 5.99. The Morgan fingerprint density at radius 1 is 1.50 bits per heavy atom. The highest BCUT2D eigenvalue weighted by Crippen LogP contribution is 2.31. The van der Waals surface area contributed by atoms with Gasteiger partial charge in [-0.1, -0.05) is 13.0 Å². The summed E-state index contributed by atoms with van der Waals surface area (Å²) in [6, 6.07) is 5.75. The number of ether oxygens (including phenoxy) is 1. The molecule has 0 spiro atoms. The second kappa shape index (κ2) is 6.55. The minimum Gasteiger partial charge on any atom is -0.379 e. The van der Waals surface area contributed by atoms with E-state index < -0.39 is 0 Å². The van der Waals surface area contributed by atoms with E-state index in [4.69, 9.17) is 4.74 Å². The standard InChI is InChI=1S/C14H20FNOS/c1-3-6-16-10(2)11-4-5-14(13(15)7-11)18-12-8-17-9-12/h4-5,7,10,12,16H,3,6,8-9H2,1-2H3. The lowest BCUT2D eigenvalue weighted by atomic mass is 10.1. The Kier molecular flexibility index (Phi) is 5.03. The molecule has 0 saturated carbocycles. The molecule has 1 aromatic carbocycles. The molecule has 1 aliphatic heterocycles. The van der Waals surface area contributed by atoms with Crippen molar-refractivity contribution in [2.45, 2.75) is 36.5 Å². The van der Waals surface area contributed by atoms with E-state index in [9.17, 15) is 4.39 Å². The maximum atomic E-state index is 14.0. The maximum absolute atomic E-state index is 14.0. The number of halogens is 1. The molecule has 18 heavy (non-hydrogen) atoms. The van der Waals surface area contributed by atoms with Gasteiger partial charge in [0.2, 0.25) is 0 Å². The van der Waals surface area contributed by atoms with Crippen LogP contribution in [-0.2, 0) is 4.74 Å². The van der Waals surface area contributed by atoms with Gasteiger partial charge in [-0.15, -0.1) is 11.8 Å². The minimum atomic E-state index is -0.116. The molecule has 1 unspecified atom stereocenters. The fourth-order valence-corrected chi connectivity index (χ4v) is 2.83. The lowest BCUT2D eigenvalue weighted by molar-refractivity contribution is 0.0455. The van der Waals surface area contributed by atoms with E-state index in [0.717, 1.165) is 36.6 Å². The average molecular weight is 269 g/mol. The summed E-state index contributed by atoms with van der Waals surface area (Å²) in [4.78, 5) is 0.731. The van der Waals surface area contributed by atoms with E-state index in [0.29, 0.717) is 5.25 Å². The monoisotopic (exact) mass is 269 g/mol. The Bertz CT molecular complexity index is 395. The van der Waals surface area contributed by atoms with Crippen LogP contribution in [0.5, 0.6) is 0 Å². The van der Waals surface area contributed by atoms with Crippen LogP contribution in [0, 0.1) is 5.82 Å². The molecule has 2 rings (SSSR count). The molecule has 1 atom stereocenters. The molecule has 0 aliphatic carbocycles. The molecule has 1 aromatic rings. The molecule has 0 amide bonds. The molecule has 0 radical (unpaired) electrons. The van der Waals surface area contributed by atoms with Gasteiger partial charge in [-0.3, -0.25) is 0 Å². The van der Waals surface area contributed by atoms with Gasteiger partial charge in [0.25, 0.3) is 0 Å². The highest BCUT2D eigenvalue weighted by molar-refractivity contribution is 8.00. The van der Waals surface area contributed by atoms with Crippen LogP contribution >= 0.6 is 11.8 Å². The Morgan fingerprint density at radius 3 is 2.83 bits per heavy atom. The topological polar surface area (TPSA) is 21.3 Å². The zero-order valence-electron chi connectivity index (χ0n) is 10.9. The number of hydrogen-bond acceptors (Lipinski definition) is 3. The first-order chi connectivity index (χ1) is 8.70. The van der Waals surface area contributed by atoms with Crippen LogP contribution in [0.1, 0.15) is 31.9 Å². The highest BCUT2D eigenvalue weighted by Gasteiger charge is 2.21. The predicted molar refractivity (Wildman–Crippen MR) is 73.6 cm³/mol. The van der Waals surface area contributed by atoms with Crippen molar-refractivity contribution < 1.29 is 9.13 Å². The van der Waals surface area contributed by atoms with E-state index in [1.165, 1.54) is 0 Å². The highest BCUT2D eigenvalue weighted by atomic mass is 32.2. The molecule has 0 aromatic heterocycles. The molecule has 1 fully saturated rings. The van der Waals surface area contributed by atoms with E-state index in [-0.39, 0.29) is 11.9 Å². The molecule has 100 valence electrons. The Labute approximate surface area is 112 Å². The summed E-state index contributed by atoms with van der Waals surface area (Å²) in [6.45, 7) is 6.62. The third kappa shape index (κ3) is 3.46. The van der Waals surface area contributed by atoms with Crippen molar-refractivity contribution in [2.75, 3.05) is 19.8 Å². The van der Waals surface area contributed by atoms with Gasteiger partial charge in [0, 0.05) is 10.9 Å². The van der Waals surface area contributed by atoms with Crippen molar-refractivity contribution in [2.24, 2.45) is 0 Å². The number of benzene rings is 1. The molecule has 1 aliphatic rings. The first-order valence-corrected chi connectivity index (χ1v) is 7.36. The second-order valence-electron chi connectivity index (χ2n) is 4.64. The van der Waals surface area contributed by atoms with Crippen molar-refractivity contribution in [3.63, 3.8) is 0 Å². The zero-order chi connectivity index (χ0) is 13.0. The van der Waals surface area contributed by atoms with E-state index in [2.05, 4.69) is 19.2 Å². The molecule has 4 heteroatoms. The smallest absolute Gasteiger partial charge is 0.137 e. The molecule has 2 nitrogen and oxygen atoms in total. The van der Waals surface area contributed by atoms with Crippen LogP contribution in [0.25, 0.3) is 0 Å². The van der Waals surface area contributed by atoms with Crippen molar-refractivity contribution in [3.8, 4) is 0 Å². The fourth-order valence-electron chi connectivity index (χ4n) is 1.82. The predicted octanol–water partition coefficient (Wildman–Crippen LogP) is 3.38. The first kappa shape index (κ1) is 13.8. The maximum Gasteiger partial charge on any atom is 0.137 e. The van der Waals surface area contributed by atoms with Gasteiger partial charge in [0.1, 0.15) is 5.82 Å². The van der Waals surface area contributed by atoms with Crippen molar-refractivity contribution in [1.29, 1.82) is 0 Å². The van der Waals surface area contributed by atoms with Gasteiger partial charge in [-0.25, -0.2) is 4.39 Å². The van der Waals surface area contributed by atoms with Crippen LogP contribution in [0.4, 0.5) is 4.39 Å². The van der Waals surface area contributed by atoms with E-state index in [1.807, 2.05) is 12.1 Å². The Morgan fingerprint density at radius 2 is 2.28 bits per heavy atom. The summed E-state index contributed by atoms with van der Waals surface area (Å²) in [5.74, 6) is -0.116. The normalized spacial score (nSPS) is 17.5. The van der Waals surface area contributed by atoms with Gasteiger partial charge >= 0.3 is 0 Å². The summed E-state index contributed by atoms with van der Waals surface area (Å²) in [5.41, 5.74) is 1.01. The third-order valence-electron chi connectivity index (χ3n) is 3.06. The van der Waals surface area contributed by atoms with Crippen molar-refractivity contribution in [1.82, 2.24) is 5.32 Å². The SMILES string of the molecule is CCCNC(C)c1ccc(SC2COC2)c(F)c1. The van der Waals surface area contributed by atoms with Crippen LogP contribution < -0.4 is 5.32 Å². The number of nitrogens with one attached hydrogen (secondary N) is 1. The fraction of sp³-hybridized carbons (Fsp3) is 0.571. The lowest BCUT2D eigenvalue weighted by Crippen LogP contribution is -2.30. The van der Waals surface area contributed by atoms with Crippen LogP contribution in [-0.4, -0.2) is 25.0 Å². The molecule has 1 heterocycles. The molecule has 1 N–H and O–H groups in total. The molecule has 1 saturated heterocycles. The van der Waals surface area contributed by atoms with Gasteiger partial charge in [-0.2, -0.15) is 0 Å². The van der Waals surface area contributed by atoms with Crippen LogP contribution in [0.15, 0.2) is 23.1 Å². The van der Waals surface area contributed by atoms with Gasteiger partial charge < -0.3 is 10.1 Å². The largest absolute Gasteiger partial charge is 0.379 e. The summed E-state index contributed by atoms with van der Waals surface area (Å²) >= 11 is 1.57. The zero-order valence-corrected chi connectivity index (χ0v) is 11.7. The number of thioether (sulfide) groups is 1. The average Bonchev–Trinajstić information content (AvgIpc) is 2.32. The first-order valence-electron chi connectivity index (χ1n) is 6.48. The Hall–Kier alpha value is -0.580. The van der Waals surface area contributed by atoms with Crippen LogP contribution in [0.3, 0.4) is 0 Å². The minimum absolute atomic E-state index is 0.116. The van der Waals surface area contributed by atoms with E-state index in [1.54, 1.807) is 17.8 Å². The molecule has 0 bridgehead atoms. The van der Waals surface area contributed by atoms with Gasteiger partial charge in [0.05, 0.1) is 18.5 Å². The third-order valence-corrected chi connectivity index (χ3v) is 4.25. The summed E-state index contributed by atoms with van der Waals surface area (Å²) in [6.07, 6.45) is 1.09. The van der Waals surface area contributed by atoms with Crippen molar-refractivity contribution in [3.05, 3.63) is 29.6 Å². The van der Waals surface area contributed by atoms with Gasteiger partial charge in [0.15, 0.2) is 0 Å². The summed E-state index contributed by atoms with van der Waals surface area (Å²) in [5, 5.41) is 3.78. The molecular weight excluding hydrogens is 249 g/mol. The molecular formula is C14H20FNOS. The number of rotatable bonds is 6. The van der Waals surface area contributed by atoms with Crippen LogP contribution in [0.2, 0.25) is 0 Å². The van der Waals surface area contributed by atoms with Crippen molar-refractivity contribution >= 4 is 11.8 Å². The quantitative estimate of drug-likeness (QED) is 0.855. The lowest BCUT2D eigenvalue weighted by Gasteiger charge is -2.25. The summed E-state index contributed by atoms with van der Waals surface area (Å²) in [7, 11) is 0. The van der Waals surface area contributed by atoms with Gasteiger partial charge in [-0.05, 0) is 37.6 Å². The Balaban J connectivity index is 1.99. The number of hydrogen-bond donors (Lipinski definition) is 1. The van der Waals surface area contributed by atoms with E-state index >= 15 is 0 Å².